The third-order valence-electron chi connectivity index (χ3n) is 5.53. The lowest BCUT2D eigenvalue weighted by atomic mass is 10.1. The van der Waals surface area contributed by atoms with Crippen molar-refractivity contribution in [1.29, 1.82) is 0 Å². The fourth-order valence-electron chi connectivity index (χ4n) is 3.80. The molecule has 0 aliphatic heterocycles. The first-order valence-corrected chi connectivity index (χ1v) is 12.1. The van der Waals surface area contributed by atoms with Crippen LogP contribution < -0.4 is 5.32 Å². The highest BCUT2D eigenvalue weighted by Gasteiger charge is 2.27. The Balaban J connectivity index is 1.59. The molecule has 0 radical (unpaired) electrons. The number of aromatic nitrogens is 4. The van der Waals surface area contributed by atoms with E-state index in [1.807, 2.05) is 95.6 Å². The lowest BCUT2D eigenvalue weighted by Gasteiger charge is -2.18. The largest absolute Gasteiger partial charge is 0.325 e. The molecule has 5 rings (SSSR count). The Morgan fingerprint density at radius 1 is 0.829 bits per heavy atom. The van der Waals surface area contributed by atoms with Gasteiger partial charge in [0.15, 0.2) is 11.0 Å². The van der Waals surface area contributed by atoms with Gasteiger partial charge in [0, 0.05) is 23.6 Å². The summed E-state index contributed by atoms with van der Waals surface area (Å²) in [4.78, 5) is 17.6. The summed E-state index contributed by atoms with van der Waals surface area (Å²) in [5.74, 6) is 0.566. The number of hydrogen-bond acceptors (Lipinski definition) is 5. The van der Waals surface area contributed by atoms with Gasteiger partial charge in [0.2, 0.25) is 5.91 Å². The molecule has 0 bridgehead atoms. The van der Waals surface area contributed by atoms with Gasteiger partial charge in [-0.15, -0.1) is 10.2 Å². The van der Waals surface area contributed by atoms with E-state index in [0.717, 1.165) is 28.1 Å². The summed E-state index contributed by atoms with van der Waals surface area (Å²) in [7, 11) is 0. The van der Waals surface area contributed by atoms with Crippen molar-refractivity contribution in [1.82, 2.24) is 19.7 Å². The van der Waals surface area contributed by atoms with Crippen LogP contribution in [0.5, 0.6) is 0 Å². The summed E-state index contributed by atoms with van der Waals surface area (Å²) >= 11 is 1.38. The van der Waals surface area contributed by atoms with Crippen LogP contribution in [-0.4, -0.2) is 25.7 Å². The second kappa shape index (κ2) is 10.4. The number of nitrogens with one attached hydrogen (secondary N) is 1. The van der Waals surface area contributed by atoms with E-state index in [-0.39, 0.29) is 5.91 Å². The predicted molar refractivity (Wildman–Crippen MR) is 139 cm³/mol. The molecule has 0 saturated carbocycles. The molecule has 0 aliphatic carbocycles. The molecule has 3 aromatic carbocycles. The molecule has 5 aromatic rings. The number of carbonyl (C=O) groups is 1. The smallest absolute Gasteiger partial charge is 0.242 e. The number of thioether (sulfide) groups is 1. The summed E-state index contributed by atoms with van der Waals surface area (Å²) < 4.78 is 2.01. The van der Waals surface area contributed by atoms with Crippen molar-refractivity contribution in [2.75, 3.05) is 5.32 Å². The van der Waals surface area contributed by atoms with E-state index in [0.29, 0.717) is 11.0 Å². The Kier molecular flexibility index (Phi) is 6.68. The fourth-order valence-corrected chi connectivity index (χ4v) is 4.85. The second-order valence-electron chi connectivity index (χ2n) is 7.93. The maximum atomic E-state index is 13.5. The summed E-state index contributed by atoms with van der Waals surface area (Å²) in [6.07, 6.45) is 3.47. The highest BCUT2D eigenvalue weighted by Crippen LogP contribution is 2.38. The third kappa shape index (κ3) is 5.00. The number of benzene rings is 3. The van der Waals surface area contributed by atoms with Gasteiger partial charge in [-0.25, -0.2) is 0 Å². The van der Waals surface area contributed by atoms with Crippen LogP contribution in [-0.2, 0) is 4.79 Å². The molecule has 1 atom stereocenters. The Hall–Kier alpha value is -4.23. The summed E-state index contributed by atoms with van der Waals surface area (Å²) in [5, 5.41) is 12.2. The molecule has 1 N–H and O–H groups in total. The van der Waals surface area contributed by atoms with Gasteiger partial charge in [0.1, 0.15) is 5.25 Å². The van der Waals surface area contributed by atoms with E-state index >= 15 is 0 Å². The van der Waals surface area contributed by atoms with Crippen molar-refractivity contribution >= 4 is 23.4 Å². The molecule has 7 heteroatoms. The van der Waals surface area contributed by atoms with Crippen LogP contribution in [0.25, 0.3) is 17.1 Å². The average molecular weight is 478 g/mol. The Bertz CT molecular complexity index is 1420. The molecule has 0 saturated heterocycles. The van der Waals surface area contributed by atoms with Crippen LogP contribution in [0, 0.1) is 6.92 Å². The zero-order valence-corrected chi connectivity index (χ0v) is 19.9. The number of nitrogens with zero attached hydrogens (tertiary/aromatic N) is 4. The van der Waals surface area contributed by atoms with Crippen molar-refractivity contribution in [2.45, 2.75) is 17.3 Å². The molecule has 35 heavy (non-hydrogen) atoms. The first kappa shape index (κ1) is 22.6. The van der Waals surface area contributed by atoms with Crippen LogP contribution in [0.1, 0.15) is 16.4 Å². The number of carbonyl (C=O) groups excluding carboxylic acids is 1. The van der Waals surface area contributed by atoms with Crippen molar-refractivity contribution in [2.24, 2.45) is 0 Å². The van der Waals surface area contributed by atoms with Crippen LogP contribution in [0.2, 0.25) is 0 Å². The number of rotatable bonds is 7. The summed E-state index contributed by atoms with van der Waals surface area (Å²) in [6.45, 7) is 2.05. The molecule has 1 unspecified atom stereocenters. The second-order valence-corrected chi connectivity index (χ2v) is 9.00. The van der Waals surface area contributed by atoms with Gasteiger partial charge in [0.05, 0.1) is 5.69 Å². The quantitative estimate of drug-likeness (QED) is 0.286. The fraction of sp³-hybridized carbons (Fsp3) is 0.0714. The monoisotopic (exact) mass is 477 g/mol. The van der Waals surface area contributed by atoms with E-state index in [1.165, 1.54) is 11.8 Å². The highest BCUT2D eigenvalue weighted by atomic mass is 32.2. The minimum absolute atomic E-state index is 0.128. The van der Waals surface area contributed by atoms with Crippen molar-refractivity contribution in [3.05, 3.63) is 121 Å². The standard InChI is InChI=1S/C28H23N5OS/c1-20-10-8-9-15-24(20)33-26(22-16-18-29-19-17-22)31-32-28(33)35-25(21-11-4-2-5-12-21)27(34)30-23-13-6-3-7-14-23/h2-19,25H,1H3,(H,30,34). The van der Waals surface area contributed by atoms with Crippen LogP contribution in [0.3, 0.4) is 0 Å². The van der Waals surface area contributed by atoms with Gasteiger partial charge in [-0.1, -0.05) is 78.5 Å². The van der Waals surface area contributed by atoms with Gasteiger partial charge in [-0.2, -0.15) is 0 Å². The zero-order chi connectivity index (χ0) is 24.0. The van der Waals surface area contributed by atoms with Crippen LogP contribution in [0.15, 0.2) is 115 Å². The Labute approximate surface area is 208 Å². The number of anilines is 1. The molecular weight excluding hydrogens is 454 g/mol. The average Bonchev–Trinajstić information content (AvgIpc) is 3.32. The molecule has 1 amide bonds. The van der Waals surface area contributed by atoms with E-state index < -0.39 is 5.25 Å². The van der Waals surface area contributed by atoms with Crippen molar-refractivity contribution < 1.29 is 4.79 Å². The van der Waals surface area contributed by atoms with Gasteiger partial charge < -0.3 is 5.32 Å². The lowest BCUT2D eigenvalue weighted by Crippen LogP contribution is -2.19. The molecular formula is C28H23N5OS. The minimum atomic E-state index is -0.534. The highest BCUT2D eigenvalue weighted by molar-refractivity contribution is 8.00. The van der Waals surface area contributed by atoms with Gasteiger partial charge in [-0.3, -0.25) is 14.3 Å². The molecule has 2 heterocycles. The first-order valence-electron chi connectivity index (χ1n) is 11.2. The third-order valence-corrected chi connectivity index (χ3v) is 6.73. The van der Waals surface area contributed by atoms with Gasteiger partial charge in [0.25, 0.3) is 0 Å². The van der Waals surface area contributed by atoms with Crippen molar-refractivity contribution in [3.8, 4) is 17.1 Å². The SMILES string of the molecule is Cc1ccccc1-n1c(SC(C(=O)Nc2ccccc2)c2ccccc2)nnc1-c1ccncc1. The Morgan fingerprint density at radius 3 is 2.20 bits per heavy atom. The van der Waals surface area contributed by atoms with E-state index in [4.69, 9.17) is 0 Å². The molecule has 2 aromatic heterocycles. The molecule has 0 aliphatic rings. The van der Waals surface area contributed by atoms with Gasteiger partial charge >= 0.3 is 0 Å². The van der Waals surface area contributed by atoms with E-state index in [1.54, 1.807) is 12.4 Å². The normalized spacial score (nSPS) is 11.7. The maximum Gasteiger partial charge on any atom is 0.242 e. The van der Waals surface area contributed by atoms with E-state index in [2.05, 4.69) is 33.5 Å². The lowest BCUT2D eigenvalue weighted by molar-refractivity contribution is -0.115. The van der Waals surface area contributed by atoms with E-state index in [9.17, 15) is 4.79 Å². The number of pyridine rings is 1. The number of para-hydroxylation sites is 2. The van der Waals surface area contributed by atoms with Crippen LogP contribution >= 0.6 is 11.8 Å². The number of hydrogen-bond donors (Lipinski definition) is 1. The first-order chi connectivity index (χ1) is 17.2. The molecule has 172 valence electrons. The number of aryl methyl sites for hydroxylation is 1. The Morgan fingerprint density at radius 2 is 1.49 bits per heavy atom. The van der Waals surface area contributed by atoms with Crippen LogP contribution in [0.4, 0.5) is 5.69 Å². The van der Waals surface area contributed by atoms with Crippen molar-refractivity contribution in [3.63, 3.8) is 0 Å². The summed E-state index contributed by atoms with van der Waals surface area (Å²) in [6, 6.07) is 31.1. The minimum Gasteiger partial charge on any atom is -0.325 e. The number of amides is 1. The predicted octanol–water partition coefficient (Wildman–Crippen LogP) is 6.11. The maximum absolute atomic E-state index is 13.5. The van der Waals surface area contributed by atoms with Gasteiger partial charge in [-0.05, 0) is 48.4 Å². The topological polar surface area (TPSA) is 72.7 Å². The molecule has 0 fully saturated rings. The molecule has 6 nitrogen and oxygen atoms in total. The zero-order valence-electron chi connectivity index (χ0n) is 19.1. The molecule has 0 spiro atoms. The summed E-state index contributed by atoms with van der Waals surface area (Å²) in [5.41, 5.74) is 4.57.